The van der Waals surface area contributed by atoms with Crippen molar-refractivity contribution in [3.63, 3.8) is 0 Å². The van der Waals surface area contributed by atoms with Crippen molar-refractivity contribution in [2.24, 2.45) is 0 Å². The van der Waals surface area contributed by atoms with Crippen LogP contribution in [0, 0.1) is 6.92 Å². The predicted octanol–water partition coefficient (Wildman–Crippen LogP) is 1.99. The molecule has 5 heteroatoms. The van der Waals surface area contributed by atoms with Gasteiger partial charge in [-0.1, -0.05) is 29.8 Å². The SMILES string of the molecule is Cc1ccc(Cc2nnc(CCC(=O)O)o2)cc1. The monoisotopic (exact) mass is 246 g/mol. The van der Waals surface area contributed by atoms with Gasteiger partial charge in [0.15, 0.2) is 0 Å². The Morgan fingerprint density at radius 2 is 1.89 bits per heavy atom. The van der Waals surface area contributed by atoms with E-state index in [1.807, 2.05) is 31.2 Å². The third-order valence-corrected chi connectivity index (χ3v) is 2.54. The van der Waals surface area contributed by atoms with Crippen molar-refractivity contribution in [3.8, 4) is 0 Å². The zero-order chi connectivity index (χ0) is 13.0. The highest BCUT2D eigenvalue weighted by Crippen LogP contribution is 2.10. The number of hydrogen-bond donors (Lipinski definition) is 1. The average Bonchev–Trinajstić information content (AvgIpc) is 2.77. The van der Waals surface area contributed by atoms with Crippen molar-refractivity contribution < 1.29 is 14.3 Å². The minimum atomic E-state index is -0.867. The lowest BCUT2D eigenvalue weighted by Crippen LogP contribution is -1.97. The van der Waals surface area contributed by atoms with Crippen LogP contribution in [0.2, 0.25) is 0 Å². The lowest BCUT2D eigenvalue weighted by molar-refractivity contribution is -0.137. The molecule has 18 heavy (non-hydrogen) atoms. The summed E-state index contributed by atoms with van der Waals surface area (Å²) in [6, 6.07) is 8.07. The molecule has 0 radical (unpaired) electrons. The van der Waals surface area contributed by atoms with E-state index in [1.165, 1.54) is 5.56 Å². The van der Waals surface area contributed by atoms with E-state index in [1.54, 1.807) is 0 Å². The first-order chi connectivity index (χ1) is 8.63. The van der Waals surface area contributed by atoms with Crippen LogP contribution in [0.4, 0.5) is 0 Å². The molecule has 5 nitrogen and oxygen atoms in total. The first kappa shape index (κ1) is 12.3. The van der Waals surface area contributed by atoms with Gasteiger partial charge in [-0.05, 0) is 12.5 Å². The largest absolute Gasteiger partial charge is 0.481 e. The summed E-state index contributed by atoms with van der Waals surface area (Å²) in [6.45, 7) is 2.03. The molecular weight excluding hydrogens is 232 g/mol. The number of aromatic nitrogens is 2. The van der Waals surface area contributed by atoms with E-state index in [-0.39, 0.29) is 12.8 Å². The molecule has 0 aliphatic rings. The molecule has 0 fully saturated rings. The number of aryl methyl sites for hydroxylation is 2. The van der Waals surface area contributed by atoms with Crippen LogP contribution >= 0.6 is 0 Å². The summed E-state index contributed by atoms with van der Waals surface area (Å²) in [5.41, 5.74) is 2.29. The number of carboxylic acids is 1. The molecule has 0 bridgehead atoms. The van der Waals surface area contributed by atoms with Crippen molar-refractivity contribution in [3.05, 3.63) is 47.2 Å². The molecule has 1 aromatic heterocycles. The fraction of sp³-hybridized carbons (Fsp3) is 0.308. The Labute approximate surface area is 104 Å². The number of nitrogens with zero attached hydrogens (tertiary/aromatic N) is 2. The van der Waals surface area contributed by atoms with Gasteiger partial charge >= 0.3 is 5.97 Å². The van der Waals surface area contributed by atoms with Gasteiger partial charge in [-0.3, -0.25) is 4.79 Å². The first-order valence-electron chi connectivity index (χ1n) is 5.72. The van der Waals surface area contributed by atoms with E-state index >= 15 is 0 Å². The molecule has 2 rings (SSSR count). The van der Waals surface area contributed by atoms with Gasteiger partial charge in [0.1, 0.15) is 0 Å². The standard InChI is InChI=1S/C13H14N2O3/c1-9-2-4-10(5-3-9)8-12-15-14-11(18-12)6-7-13(16)17/h2-5H,6-8H2,1H3,(H,16,17). The normalized spacial score (nSPS) is 10.5. The zero-order valence-electron chi connectivity index (χ0n) is 10.1. The Bertz CT molecular complexity index is 531. The van der Waals surface area contributed by atoms with E-state index < -0.39 is 5.97 Å². The summed E-state index contributed by atoms with van der Waals surface area (Å²) >= 11 is 0. The number of benzene rings is 1. The van der Waals surface area contributed by atoms with E-state index in [2.05, 4.69) is 10.2 Å². The lowest BCUT2D eigenvalue weighted by atomic mass is 10.1. The van der Waals surface area contributed by atoms with E-state index in [4.69, 9.17) is 9.52 Å². The Kier molecular flexibility index (Phi) is 3.72. The molecule has 0 spiro atoms. The Hall–Kier alpha value is -2.17. The second-order valence-electron chi connectivity index (χ2n) is 4.15. The van der Waals surface area contributed by atoms with Crippen LogP contribution in [0.25, 0.3) is 0 Å². The molecule has 1 N–H and O–H groups in total. The number of carboxylic acid groups (broad SMARTS) is 1. The molecule has 0 atom stereocenters. The molecule has 0 amide bonds. The van der Waals surface area contributed by atoms with Crippen LogP contribution in [-0.2, 0) is 17.6 Å². The summed E-state index contributed by atoms with van der Waals surface area (Å²) in [4.78, 5) is 10.4. The van der Waals surface area contributed by atoms with Gasteiger partial charge in [-0.2, -0.15) is 0 Å². The van der Waals surface area contributed by atoms with Crippen molar-refractivity contribution >= 4 is 5.97 Å². The van der Waals surface area contributed by atoms with E-state index in [0.717, 1.165) is 5.56 Å². The molecule has 0 saturated carbocycles. The van der Waals surface area contributed by atoms with E-state index in [0.29, 0.717) is 18.2 Å². The molecule has 2 aromatic rings. The summed E-state index contributed by atoms with van der Waals surface area (Å²) in [5, 5.41) is 16.3. The quantitative estimate of drug-likeness (QED) is 0.873. The van der Waals surface area contributed by atoms with Gasteiger partial charge in [0.2, 0.25) is 11.8 Å². The smallest absolute Gasteiger partial charge is 0.303 e. The van der Waals surface area contributed by atoms with Crippen molar-refractivity contribution in [2.45, 2.75) is 26.2 Å². The van der Waals surface area contributed by atoms with Crippen LogP contribution in [0.5, 0.6) is 0 Å². The van der Waals surface area contributed by atoms with Crippen LogP contribution in [-0.4, -0.2) is 21.3 Å². The van der Waals surface area contributed by atoms with E-state index in [9.17, 15) is 4.79 Å². The molecule has 1 heterocycles. The summed E-state index contributed by atoms with van der Waals surface area (Å²) < 4.78 is 5.38. The van der Waals surface area contributed by atoms with Crippen LogP contribution < -0.4 is 0 Å². The second-order valence-corrected chi connectivity index (χ2v) is 4.15. The maximum absolute atomic E-state index is 10.4. The molecule has 0 aliphatic heterocycles. The van der Waals surface area contributed by atoms with Gasteiger partial charge in [-0.15, -0.1) is 10.2 Å². The summed E-state index contributed by atoms with van der Waals surface area (Å²) in [7, 11) is 0. The molecular formula is C13H14N2O3. The Balaban J connectivity index is 1.97. The first-order valence-corrected chi connectivity index (χ1v) is 5.72. The van der Waals surface area contributed by atoms with Gasteiger partial charge in [0.25, 0.3) is 0 Å². The number of carbonyl (C=O) groups is 1. The molecule has 0 saturated heterocycles. The maximum atomic E-state index is 10.4. The van der Waals surface area contributed by atoms with Crippen molar-refractivity contribution in [1.82, 2.24) is 10.2 Å². The summed E-state index contributed by atoms with van der Waals surface area (Å²) in [5.74, 6) is 0.0204. The van der Waals surface area contributed by atoms with Gasteiger partial charge in [-0.25, -0.2) is 0 Å². The van der Waals surface area contributed by atoms with Gasteiger partial charge in [0.05, 0.1) is 12.8 Å². The van der Waals surface area contributed by atoms with Crippen molar-refractivity contribution in [2.75, 3.05) is 0 Å². The van der Waals surface area contributed by atoms with Crippen LogP contribution in [0.15, 0.2) is 28.7 Å². The number of hydrogen-bond acceptors (Lipinski definition) is 4. The molecule has 94 valence electrons. The zero-order valence-corrected chi connectivity index (χ0v) is 10.1. The van der Waals surface area contributed by atoms with Gasteiger partial charge in [0, 0.05) is 6.42 Å². The Morgan fingerprint density at radius 1 is 1.22 bits per heavy atom. The molecule has 0 unspecified atom stereocenters. The highest BCUT2D eigenvalue weighted by atomic mass is 16.4. The van der Waals surface area contributed by atoms with Crippen LogP contribution in [0.1, 0.15) is 29.3 Å². The predicted molar refractivity (Wildman–Crippen MR) is 64.2 cm³/mol. The fourth-order valence-electron chi connectivity index (χ4n) is 1.56. The minimum absolute atomic E-state index is 0.00612. The summed E-state index contributed by atoms with van der Waals surface area (Å²) in [6.07, 6.45) is 0.850. The third kappa shape index (κ3) is 3.41. The maximum Gasteiger partial charge on any atom is 0.303 e. The molecule has 1 aromatic carbocycles. The molecule has 0 aliphatic carbocycles. The minimum Gasteiger partial charge on any atom is -0.481 e. The third-order valence-electron chi connectivity index (χ3n) is 2.54. The average molecular weight is 246 g/mol. The lowest BCUT2D eigenvalue weighted by Gasteiger charge is -1.97. The number of aliphatic carboxylic acids is 1. The number of rotatable bonds is 5. The highest BCUT2D eigenvalue weighted by Gasteiger charge is 2.08. The van der Waals surface area contributed by atoms with Crippen LogP contribution in [0.3, 0.4) is 0 Å². The topological polar surface area (TPSA) is 76.2 Å². The van der Waals surface area contributed by atoms with Gasteiger partial charge < -0.3 is 9.52 Å². The van der Waals surface area contributed by atoms with Crippen molar-refractivity contribution in [1.29, 1.82) is 0 Å². The highest BCUT2D eigenvalue weighted by molar-refractivity contribution is 5.66. The second kappa shape index (κ2) is 5.44. The fourth-order valence-corrected chi connectivity index (χ4v) is 1.56. The Morgan fingerprint density at radius 3 is 2.56 bits per heavy atom.